The molecule has 86 valence electrons. The maximum absolute atomic E-state index is 11.8. The van der Waals surface area contributed by atoms with Crippen LogP contribution in [0.1, 0.15) is 13.8 Å². The van der Waals surface area contributed by atoms with Crippen LogP contribution in [0.4, 0.5) is 8.78 Å². The van der Waals surface area contributed by atoms with Crippen molar-refractivity contribution >= 4 is 7.82 Å². The van der Waals surface area contributed by atoms with Gasteiger partial charge in [0.15, 0.2) is 6.10 Å². The molecular weight excluding hydrogens is 225 g/mol. The van der Waals surface area contributed by atoms with E-state index in [9.17, 15) is 13.3 Å². The number of alkyl halides is 2. The zero-order chi connectivity index (χ0) is 11.2. The summed E-state index contributed by atoms with van der Waals surface area (Å²) in [5.74, 6) is 0. The van der Waals surface area contributed by atoms with Crippen molar-refractivity contribution in [2.45, 2.75) is 26.4 Å². The molecule has 0 rings (SSSR count). The second-order valence-electron chi connectivity index (χ2n) is 2.16. The SMILES string of the molecule is CCOOP(=O)(O)OOC(C)C(F)F. The zero-order valence-corrected chi connectivity index (χ0v) is 8.45. The first-order valence-electron chi connectivity index (χ1n) is 3.66. The van der Waals surface area contributed by atoms with Crippen molar-refractivity contribution in [2.75, 3.05) is 6.61 Å². The molecule has 0 saturated carbocycles. The molecule has 0 heterocycles. The summed E-state index contributed by atoms with van der Waals surface area (Å²) in [6, 6.07) is 0. The van der Waals surface area contributed by atoms with Crippen LogP contribution >= 0.6 is 7.82 Å². The molecule has 0 aliphatic rings. The third kappa shape index (κ3) is 6.36. The van der Waals surface area contributed by atoms with Crippen molar-refractivity contribution in [3.05, 3.63) is 0 Å². The van der Waals surface area contributed by atoms with Crippen LogP contribution in [-0.4, -0.2) is 24.0 Å². The normalized spacial score (nSPS) is 18.1. The first kappa shape index (κ1) is 13.9. The number of phosphoric acid groups is 1. The maximum atomic E-state index is 11.8. The van der Waals surface area contributed by atoms with E-state index in [2.05, 4.69) is 19.1 Å². The fourth-order valence-electron chi connectivity index (χ4n) is 0.296. The summed E-state index contributed by atoms with van der Waals surface area (Å²) in [5.41, 5.74) is 0. The predicted molar refractivity (Wildman–Crippen MR) is 40.2 cm³/mol. The van der Waals surface area contributed by atoms with Crippen molar-refractivity contribution in [1.29, 1.82) is 0 Å². The standard InChI is InChI=1S/C5H11F2O6P/c1-3-10-12-14(8,9)13-11-4(2)5(6)7/h4-5H,3H2,1-2H3,(H,8,9). The topological polar surface area (TPSA) is 74.2 Å². The molecule has 1 N–H and O–H groups in total. The molecule has 0 radical (unpaired) electrons. The van der Waals surface area contributed by atoms with Crippen LogP contribution in [0.5, 0.6) is 0 Å². The Labute approximate surface area is 79.2 Å². The summed E-state index contributed by atoms with van der Waals surface area (Å²) in [6.07, 6.45) is -4.47. The molecule has 0 aliphatic carbocycles. The summed E-state index contributed by atoms with van der Waals surface area (Å²) >= 11 is 0. The highest BCUT2D eigenvalue weighted by Crippen LogP contribution is 2.44. The molecule has 0 aliphatic heterocycles. The Morgan fingerprint density at radius 1 is 1.43 bits per heavy atom. The van der Waals surface area contributed by atoms with Gasteiger partial charge in [0.05, 0.1) is 6.61 Å². The lowest BCUT2D eigenvalue weighted by Crippen LogP contribution is -2.17. The third-order valence-electron chi connectivity index (χ3n) is 0.909. The zero-order valence-electron chi connectivity index (χ0n) is 7.55. The average molecular weight is 236 g/mol. The highest BCUT2D eigenvalue weighted by Gasteiger charge is 2.27. The van der Waals surface area contributed by atoms with E-state index in [0.717, 1.165) is 6.92 Å². The minimum Gasteiger partial charge on any atom is -0.299 e. The molecule has 6 nitrogen and oxygen atoms in total. The van der Waals surface area contributed by atoms with E-state index >= 15 is 0 Å². The van der Waals surface area contributed by atoms with Gasteiger partial charge >= 0.3 is 7.82 Å². The molecule has 0 fully saturated rings. The fraction of sp³-hybridized carbons (Fsp3) is 1.00. The second kappa shape index (κ2) is 6.39. The van der Waals surface area contributed by atoms with Gasteiger partial charge in [-0.25, -0.2) is 23.1 Å². The largest absolute Gasteiger partial charge is 0.526 e. The minimum absolute atomic E-state index is 0.00168. The van der Waals surface area contributed by atoms with Crippen LogP contribution in [0.3, 0.4) is 0 Å². The minimum atomic E-state index is -4.58. The third-order valence-corrected chi connectivity index (χ3v) is 1.48. The van der Waals surface area contributed by atoms with Gasteiger partial charge in [-0.2, -0.15) is 0 Å². The number of halogens is 2. The number of hydrogen-bond donors (Lipinski definition) is 1. The molecule has 0 aromatic heterocycles. The Bertz CT molecular complexity index is 201. The van der Waals surface area contributed by atoms with Crippen LogP contribution in [-0.2, 0) is 23.7 Å². The molecule has 2 atom stereocenters. The molecule has 0 spiro atoms. The van der Waals surface area contributed by atoms with E-state index in [1.54, 1.807) is 0 Å². The Hall–Kier alpha value is -0.110. The molecule has 0 aromatic carbocycles. The lowest BCUT2D eigenvalue weighted by atomic mass is 10.4. The van der Waals surface area contributed by atoms with Gasteiger partial charge in [-0.1, -0.05) is 0 Å². The molecule has 9 heteroatoms. The Balaban J connectivity index is 3.81. The van der Waals surface area contributed by atoms with Gasteiger partial charge < -0.3 is 0 Å². The highest BCUT2D eigenvalue weighted by molar-refractivity contribution is 7.47. The van der Waals surface area contributed by atoms with Crippen LogP contribution < -0.4 is 0 Å². The van der Waals surface area contributed by atoms with Gasteiger partial charge in [0.25, 0.3) is 6.43 Å². The van der Waals surface area contributed by atoms with Crippen LogP contribution in [0.15, 0.2) is 0 Å². The summed E-state index contributed by atoms with van der Waals surface area (Å²) in [7, 11) is -4.58. The number of hydrogen-bond acceptors (Lipinski definition) is 5. The van der Waals surface area contributed by atoms with Gasteiger partial charge in [0.2, 0.25) is 0 Å². The van der Waals surface area contributed by atoms with Crippen molar-refractivity contribution in [3.63, 3.8) is 0 Å². The van der Waals surface area contributed by atoms with E-state index in [1.165, 1.54) is 6.92 Å². The van der Waals surface area contributed by atoms with E-state index in [1.807, 2.05) is 0 Å². The number of rotatable bonds is 7. The first-order valence-corrected chi connectivity index (χ1v) is 5.16. The maximum Gasteiger partial charge on any atom is 0.526 e. The summed E-state index contributed by atoms with van der Waals surface area (Å²) < 4.78 is 41.9. The molecular formula is C5H11F2O6P. The van der Waals surface area contributed by atoms with E-state index in [4.69, 9.17) is 4.89 Å². The van der Waals surface area contributed by atoms with Crippen molar-refractivity contribution in [2.24, 2.45) is 0 Å². The highest BCUT2D eigenvalue weighted by atomic mass is 31.2. The van der Waals surface area contributed by atoms with E-state index in [0.29, 0.717) is 0 Å². The Morgan fingerprint density at radius 2 is 2.00 bits per heavy atom. The molecule has 0 amide bonds. The van der Waals surface area contributed by atoms with Crippen molar-refractivity contribution in [1.82, 2.24) is 0 Å². The van der Waals surface area contributed by atoms with Crippen LogP contribution in [0.25, 0.3) is 0 Å². The van der Waals surface area contributed by atoms with E-state index in [-0.39, 0.29) is 6.61 Å². The lowest BCUT2D eigenvalue weighted by Gasteiger charge is -2.12. The van der Waals surface area contributed by atoms with Crippen molar-refractivity contribution in [3.8, 4) is 0 Å². The predicted octanol–water partition coefficient (Wildman–Crippen LogP) is 1.66. The average Bonchev–Trinajstić information content (AvgIpc) is 2.11. The van der Waals surface area contributed by atoms with E-state index < -0.39 is 20.4 Å². The molecule has 14 heavy (non-hydrogen) atoms. The van der Waals surface area contributed by atoms with Gasteiger partial charge in [-0.05, 0) is 13.8 Å². The molecule has 0 bridgehead atoms. The van der Waals surface area contributed by atoms with Gasteiger partial charge in [0, 0.05) is 0 Å². The second-order valence-corrected chi connectivity index (χ2v) is 3.40. The van der Waals surface area contributed by atoms with Gasteiger partial charge in [0.1, 0.15) is 0 Å². The first-order chi connectivity index (χ1) is 6.39. The lowest BCUT2D eigenvalue weighted by molar-refractivity contribution is -0.306. The van der Waals surface area contributed by atoms with Crippen LogP contribution in [0, 0.1) is 0 Å². The molecule has 0 saturated heterocycles. The fourth-order valence-corrected chi connectivity index (χ4v) is 0.804. The Morgan fingerprint density at radius 3 is 2.43 bits per heavy atom. The van der Waals surface area contributed by atoms with Crippen LogP contribution in [0.2, 0.25) is 0 Å². The monoisotopic (exact) mass is 236 g/mol. The summed E-state index contributed by atoms with van der Waals surface area (Å²) in [5, 5.41) is 0. The van der Waals surface area contributed by atoms with Gasteiger partial charge in [-0.3, -0.25) is 4.89 Å². The molecule has 0 aromatic rings. The van der Waals surface area contributed by atoms with Crippen molar-refractivity contribution < 1.29 is 37.4 Å². The Kier molecular flexibility index (Phi) is 6.34. The smallest absolute Gasteiger partial charge is 0.299 e. The quantitative estimate of drug-likeness (QED) is 0.411. The van der Waals surface area contributed by atoms with Gasteiger partial charge in [-0.15, -0.1) is 9.35 Å². The molecule has 2 unspecified atom stereocenters. The summed E-state index contributed by atoms with van der Waals surface area (Å²) in [4.78, 5) is 16.7. The summed E-state index contributed by atoms with van der Waals surface area (Å²) in [6.45, 7) is 2.45.